The number of hydrogen-bond donors (Lipinski definition) is 1. The predicted molar refractivity (Wildman–Crippen MR) is 53.5 cm³/mol. The summed E-state index contributed by atoms with van der Waals surface area (Å²) in [6, 6.07) is 1.78. The Labute approximate surface area is 83.6 Å². The van der Waals surface area contributed by atoms with Gasteiger partial charge in [-0.15, -0.1) is 0 Å². The Morgan fingerprint density at radius 2 is 2.50 bits per heavy atom. The molecule has 1 saturated heterocycles. The Morgan fingerprint density at radius 1 is 1.57 bits per heavy atom. The van der Waals surface area contributed by atoms with Gasteiger partial charge in [-0.25, -0.2) is 4.39 Å². The van der Waals surface area contributed by atoms with E-state index < -0.39 is 0 Å². The molecule has 1 fully saturated rings. The highest BCUT2D eigenvalue weighted by atomic mass is 19.1. The summed E-state index contributed by atoms with van der Waals surface area (Å²) in [5.74, 6) is 0.415. The van der Waals surface area contributed by atoms with E-state index in [0.29, 0.717) is 5.92 Å². The highest BCUT2D eigenvalue weighted by Crippen LogP contribution is 2.17. The number of aromatic nitrogens is 1. The van der Waals surface area contributed by atoms with Crippen LogP contribution in [0, 0.1) is 11.7 Å². The lowest BCUT2D eigenvalue weighted by Gasteiger charge is -2.22. The molecule has 1 aromatic heterocycles. The number of hydrogen-bond acceptors (Lipinski definition) is 2. The van der Waals surface area contributed by atoms with Crippen LogP contribution in [0.25, 0.3) is 0 Å². The maximum absolute atomic E-state index is 13.3. The molecule has 0 bridgehead atoms. The lowest BCUT2D eigenvalue weighted by molar-refractivity contribution is 0.372. The Bertz CT molecular complexity index is 295. The number of rotatable bonds is 2. The number of halogens is 1. The molecule has 1 unspecified atom stereocenters. The van der Waals surface area contributed by atoms with Crippen LogP contribution in [0.2, 0.25) is 0 Å². The highest BCUT2D eigenvalue weighted by molar-refractivity contribution is 5.13. The fourth-order valence-electron chi connectivity index (χ4n) is 1.98. The van der Waals surface area contributed by atoms with Gasteiger partial charge in [0, 0.05) is 6.20 Å². The normalized spacial score (nSPS) is 22.2. The number of nitrogens with zero attached hydrogens (tertiary/aromatic N) is 1. The second-order valence-electron chi connectivity index (χ2n) is 3.88. The second kappa shape index (κ2) is 4.51. The van der Waals surface area contributed by atoms with E-state index in [1.54, 1.807) is 12.3 Å². The van der Waals surface area contributed by atoms with Crippen LogP contribution in [0.5, 0.6) is 0 Å². The van der Waals surface area contributed by atoms with E-state index in [9.17, 15) is 4.39 Å². The van der Waals surface area contributed by atoms with Gasteiger partial charge in [0.05, 0.1) is 6.20 Å². The molecule has 0 saturated carbocycles. The van der Waals surface area contributed by atoms with E-state index in [1.165, 1.54) is 19.0 Å². The quantitative estimate of drug-likeness (QED) is 0.776. The average molecular weight is 194 g/mol. The molecule has 2 nitrogen and oxygen atoms in total. The zero-order valence-corrected chi connectivity index (χ0v) is 8.17. The molecule has 0 amide bonds. The van der Waals surface area contributed by atoms with Crippen molar-refractivity contribution in [1.29, 1.82) is 0 Å². The van der Waals surface area contributed by atoms with Crippen molar-refractivity contribution in [1.82, 2.24) is 10.3 Å². The minimum atomic E-state index is -0.168. The van der Waals surface area contributed by atoms with Gasteiger partial charge in [0.1, 0.15) is 5.82 Å². The summed E-state index contributed by atoms with van der Waals surface area (Å²) < 4.78 is 13.3. The van der Waals surface area contributed by atoms with E-state index in [0.717, 1.165) is 25.1 Å². The summed E-state index contributed by atoms with van der Waals surface area (Å²) in [5.41, 5.74) is 0.800. The maximum Gasteiger partial charge on any atom is 0.144 e. The van der Waals surface area contributed by atoms with Gasteiger partial charge in [0.2, 0.25) is 0 Å². The highest BCUT2D eigenvalue weighted by Gasteiger charge is 2.14. The molecule has 2 rings (SSSR count). The molecule has 1 atom stereocenters. The molecule has 1 N–H and O–H groups in total. The number of piperidine rings is 1. The topological polar surface area (TPSA) is 24.9 Å². The Hall–Kier alpha value is -0.960. The third-order valence-electron chi connectivity index (χ3n) is 2.76. The fourth-order valence-corrected chi connectivity index (χ4v) is 1.98. The summed E-state index contributed by atoms with van der Waals surface area (Å²) in [4.78, 5) is 3.75. The van der Waals surface area contributed by atoms with Crippen LogP contribution in [0.3, 0.4) is 0 Å². The number of nitrogens with one attached hydrogen (secondary N) is 1. The third-order valence-corrected chi connectivity index (χ3v) is 2.76. The van der Waals surface area contributed by atoms with Gasteiger partial charge >= 0.3 is 0 Å². The third kappa shape index (κ3) is 2.29. The Morgan fingerprint density at radius 3 is 3.21 bits per heavy atom. The van der Waals surface area contributed by atoms with Gasteiger partial charge in [0.15, 0.2) is 0 Å². The molecule has 1 aliphatic heterocycles. The van der Waals surface area contributed by atoms with Gasteiger partial charge in [-0.3, -0.25) is 4.98 Å². The van der Waals surface area contributed by atoms with Gasteiger partial charge < -0.3 is 5.32 Å². The monoisotopic (exact) mass is 194 g/mol. The Balaban J connectivity index is 1.99. The zero-order valence-electron chi connectivity index (χ0n) is 8.17. The van der Waals surface area contributed by atoms with Crippen molar-refractivity contribution in [3.63, 3.8) is 0 Å². The lowest BCUT2D eigenvalue weighted by Crippen LogP contribution is -2.31. The minimum absolute atomic E-state index is 0.168. The molecule has 3 heteroatoms. The van der Waals surface area contributed by atoms with Crippen molar-refractivity contribution >= 4 is 0 Å². The van der Waals surface area contributed by atoms with Crippen molar-refractivity contribution in [2.75, 3.05) is 13.1 Å². The van der Waals surface area contributed by atoms with Crippen molar-refractivity contribution in [2.45, 2.75) is 19.3 Å². The van der Waals surface area contributed by atoms with Crippen LogP contribution in [-0.4, -0.2) is 18.1 Å². The van der Waals surface area contributed by atoms with Crippen molar-refractivity contribution < 1.29 is 4.39 Å². The van der Waals surface area contributed by atoms with Gasteiger partial charge in [0.25, 0.3) is 0 Å². The van der Waals surface area contributed by atoms with E-state index >= 15 is 0 Å². The molecule has 2 heterocycles. The molecule has 1 aromatic rings. The lowest BCUT2D eigenvalue weighted by atomic mass is 9.93. The van der Waals surface area contributed by atoms with E-state index in [2.05, 4.69) is 10.3 Å². The second-order valence-corrected chi connectivity index (χ2v) is 3.88. The zero-order chi connectivity index (χ0) is 9.80. The van der Waals surface area contributed by atoms with E-state index in [1.807, 2.05) is 0 Å². The predicted octanol–water partition coefficient (Wildman–Crippen LogP) is 1.76. The van der Waals surface area contributed by atoms with Crippen LogP contribution in [0.15, 0.2) is 18.5 Å². The number of pyridine rings is 1. The minimum Gasteiger partial charge on any atom is -0.316 e. The van der Waals surface area contributed by atoms with Crippen molar-refractivity contribution in [2.24, 2.45) is 5.92 Å². The Kier molecular flexibility index (Phi) is 3.09. The molecule has 76 valence electrons. The first-order valence-electron chi connectivity index (χ1n) is 5.15. The van der Waals surface area contributed by atoms with Gasteiger partial charge in [-0.05, 0) is 49.9 Å². The van der Waals surface area contributed by atoms with Crippen LogP contribution >= 0.6 is 0 Å². The first kappa shape index (κ1) is 9.59. The van der Waals surface area contributed by atoms with Crippen LogP contribution < -0.4 is 5.32 Å². The molecule has 1 aliphatic rings. The molecule has 0 aromatic carbocycles. The fraction of sp³-hybridized carbons (Fsp3) is 0.545. The van der Waals surface area contributed by atoms with Crippen LogP contribution in [-0.2, 0) is 6.42 Å². The average Bonchev–Trinajstić information content (AvgIpc) is 2.23. The van der Waals surface area contributed by atoms with Gasteiger partial charge in [-0.2, -0.15) is 0 Å². The standard InChI is InChI=1S/C11H15FN2/c12-11-8-14-5-3-10(11)6-9-2-1-4-13-7-9/h3,5,8-9,13H,1-2,4,6-7H2. The molecule has 14 heavy (non-hydrogen) atoms. The van der Waals surface area contributed by atoms with E-state index in [4.69, 9.17) is 0 Å². The van der Waals surface area contributed by atoms with Crippen LogP contribution in [0.4, 0.5) is 4.39 Å². The van der Waals surface area contributed by atoms with Crippen molar-refractivity contribution in [3.8, 4) is 0 Å². The molecule has 0 radical (unpaired) electrons. The largest absolute Gasteiger partial charge is 0.316 e. The molecular weight excluding hydrogens is 179 g/mol. The summed E-state index contributed by atoms with van der Waals surface area (Å²) in [5, 5.41) is 3.34. The first-order valence-corrected chi connectivity index (χ1v) is 5.15. The van der Waals surface area contributed by atoms with Crippen molar-refractivity contribution in [3.05, 3.63) is 29.8 Å². The molecule has 0 spiro atoms. The smallest absolute Gasteiger partial charge is 0.144 e. The molecular formula is C11H15FN2. The SMILES string of the molecule is Fc1cnccc1CC1CCCNC1. The molecule has 0 aliphatic carbocycles. The van der Waals surface area contributed by atoms with Gasteiger partial charge in [-0.1, -0.05) is 0 Å². The first-order chi connectivity index (χ1) is 6.86. The summed E-state index contributed by atoms with van der Waals surface area (Å²) in [6.07, 6.45) is 6.20. The van der Waals surface area contributed by atoms with E-state index in [-0.39, 0.29) is 5.82 Å². The van der Waals surface area contributed by atoms with Crippen LogP contribution in [0.1, 0.15) is 18.4 Å². The summed E-state index contributed by atoms with van der Waals surface area (Å²) in [6.45, 7) is 2.12. The summed E-state index contributed by atoms with van der Waals surface area (Å²) in [7, 11) is 0. The maximum atomic E-state index is 13.3. The summed E-state index contributed by atoms with van der Waals surface area (Å²) >= 11 is 0.